The van der Waals surface area contributed by atoms with E-state index in [1.54, 1.807) is 43.5 Å². The van der Waals surface area contributed by atoms with E-state index in [4.69, 9.17) is 33.2 Å². The number of carbonyl (C=O) groups excluding carboxylic acids is 2. The lowest BCUT2D eigenvalue weighted by Crippen LogP contribution is -2.51. The van der Waals surface area contributed by atoms with Crippen molar-refractivity contribution in [2.24, 2.45) is 5.92 Å². The quantitative estimate of drug-likeness (QED) is 0.261. The minimum Gasteiger partial charge on any atom is -0.497 e. The Morgan fingerprint density at radius 1 is 0.795 bits per heavy atom. The summed E-state index contributed by atoms with van der Waals surface area (Å²) in [7, 11) is 8.65. The lowest BCUT2D eigenvalue weighted by molar-refractivity contribution is -0.183. The Hall–Kier alpha value is -4.08. The van der Waals surface area contributed by atoms with Gasteiger partial charge in [0.25, 0.3) is 0 Å². The van der Waals surface area contributed by atoms with Crippen LogP contribution in [0.1, 0.15) is 27.4 Å². The van der Waals surface area contributed by atoms with E-state index in [9.17, 15) is 9.59 Å². The maximum Gasteiger partial charge on any atom is 0.314 e. The first-order valence-corrected chi connectivity index (χ1v) is 12.2. The van der Waals surface area contributed by atoms with E-state index < -0.39 is 35.5 Å². The predicted octanol–water partition coefficient (Wildman–Crippen LogP) is 4.37. The van der Waals surface area contributed by atoms with Crippen molar-refractivity contribution in [3.63, 3.8) is 0 Å². The number of fused-ring (bicyclic) bond motifs is 1. The minimum absolute atomic E-state index is 0.227. The Kier molecular flexibility index (Phi) is 8.42. The van der Waals surface area contributed by atoms with Gasteiger partial charge in [-0.3, -0.25) is 9.59 Å². The first-order chi connectivity index (χ1) is 18.9. The molecule has 0 radical (unpaired) electrons. The van der Waals surface area contributed by atoms with E-state index in [1.165, 1.54) is 35.5 Å². The van der Waals surface area contributed by atoms with Crippen LogP contribution in [0.4, 0.5) is 0 Å². The van der Waals surface area contributed by atoms with Gasteiger partial charge in [0, 0.05) is 31.9 Å². The third-order valence-electron chi connectivity index (χ3n) is 7.04. The van der Waals surface area contributed by atoms with Crippen molar-refractivity contribution in [1.29, 1.82) is 0 Å². The van der Waals surface area contributed by atoms with Gasteiger partial charge in [0.1, 0.15) is 34.5 Å². The molecule has 0 saturated carbocycles. The summed E-state index contributed by atoms with van der Waals surface area (Å²) < 4.78 is 39.6. The number of ether oxygens (including phenoxy) is 7. The molecule has 9 nitrogen and oxygen atoms in total. The minimum atomic E-state index is -1.76. The van der Waals surface area contributed by atoms with Crippen LogP contribution in [0.5, 0.6) is 23.0 Å². The largest absolute Gasteiger partial charge is 0.497 e. The van der Waals surface area contributed by atoms with Crippen molar-refractivity contribution < 1.29 is 42.7 Å². The molecule has 0 fully saturated rings. The monoisotopic (exact) mass is 536 g/mol. The van der Waals surface area contributed by atoms with Gasteiger partial charge >= 0.3 is 5.97 Å². The number of esters is 1. The Labute approximate surface area is 227 Å². The number of hydrogen-bond acceptors (Lipinski definition) is 9. The Balaban J connectivity index is 2.09. The maximum atomic E-state index is 14.8. The molecule has 39 heavy (non-hydrogen) atoms. The summed E-state index contributed by atoms with van der Waals surface area (Å²) in [5, 5.41) is 0. The van der Waals surface area contributed by atoms with Crippen molar-refractivity contribution in [3.8, 4) is 23.0 Å². The summed E-state index contributed by atoms with van der Waals surface area (Å²) in [6.07, 6.45) is -1.07. The molecular formula is C30H32O9. The number of benzene rings is 3. The van der Waals surface area contributed by atoms with Crippen LogP contribution in [0.2, 0.25) is 0 Å². The Morgan fingerprint density at radius 2 is 1.44 bits per heavy atom. The molecule has 0 amide bonds. The summed E-state index contributed by atoms with van der Waals surface area (Å²) in [5.41, 5.74) is -0.414. The molecule has 0 spiro atoms. The van der Waals surface area contributed by atoms with Crippen LogP contribution in [0.25, 0.3) is 0 Å². The van der Waals surface area contributed by atoms with E-state index in [-0.39, 0.29) is 17.1 Å². The first-order valence-electron chi connectivity index (χ1n) is 12.2. The molecule has 206 valence electrons. The molecule has 1 aliphatic rings. The smallest absolute Gasteiger partial charge is 0.314 e. The van der Waals surface area contributed by atoms with Crippen molar-refractivity contribution in [1.82, 2.24) is 0 Å². The number of ketones is 1. The molecule has 0 aromatic heterocycles. The lowest BCUT2D eigenvalue weighted by atomic mass is 9.67. The van der Waals surface area contributed by atoms with E-state index in [1.807, 2.05) is 30.3 Å². The van der Waals surface area contributed by atoms with E-state index in [0.717, 1.165) is 0 Å². The van der Waals surface area contributed by atoms with Crippen LogP contribution in [0.15, 0.2) is 66.7 Å². The van der Waals surface area contributed by atoms with Crippen molar-refractivity contribution in [2.75, 3.05) is 42.7 Å². The third kappa shape index (κ3) is 4.79. The highest BCUT2D eigenvalue weighted by molar-refractivity contribution is 6.11. The van der Waals surface area contributed by atoms with Crippen LogP contribution < -0.4 is 18.9 Å². The molecule has 4 rings (SSSR count). The Morgan fingerprint density at radius 3 is 1.97 bits per heavy atom. The predicted molar refractivity (Wildman–Crippen MR) is 142 cm³/mol. The van der Waals surface area contributed by atoms with Gasteiger partial charge in [-0.15, -0.1) is 0 Å². The van der Waals surface area contributed by atoms with Crippen LogP contribution >= 0.6 is 0 Å². The van der Waals surface area contributed by atoms with E-state index in [2.05, 4.69) is 0 Å². The van der Waals surface area contributed by atoms with Gasteiger partial charge in [0.05, 0.1) is 34.4 Å². The average molecular weight is 537 g/mol. The molecule has 0 bridgehead atoms. The van der Waals surface area contributed by atoms with Crippen molar-refractivity contribution >= 4 is 11.8 Å². The zero-order valence-corrected chi connectivity index (χ0v) is 22.8. The summed E-state index contributed by atoms with van der Waals surface area (Å²) >= 11 is 0. The fraction of sp³-hybridized carbons (Fsp3) is 0.333. The van der Waals surface area contributed by atoms with Gasteiger partial charge in [0.15, 0.2) is 6.29 Å². The number of Topliss-reactive ketones (excluding diaryl/α,β-unsaturated/α-hetero) is 1. The molecule has 2 unspecified atom stereocenters. The molecule has 3 aromatic rings. The highest BCUT2D eigenvalue weighted by atomic mass is 16.7. The molecular weight excluding hydrogens is 504 g/mol. The van der Waals surface area contributed by atoms with Crippen LogP contribution in [-0.2, 0) is 24.6 Å². The maximum absolute atomic E-state index is 14.8. The molecule has 0 aliphatic carbocycles. The number of carbonyl (C=O) groups is 2. The normalized spacial score (nSPS) is 17.7. The number of rotatable bonds is 11. The molecule has 3 atom stereocenters. The molecule has 0 N–H and O–H groups in total. The first kappa shape index (κ1) is 27.9. The van der Waals surface area contributed by atoms with Crippen LogP contribution in [0, 0.1) is 5.92 Å². The van der Waals surface area contributed by atoms with Gasteiger partial charge in [-0.1, -0.05) is 42.5 Å². The van der Waals surface area contributed by atoms with Crippen LogP contribution in [-0.4, -0.2) is 60.7 Å². The summed E-state index contributed by atoms with van der Waals surface area (Å²) in [6.45, 7) is 0. The second-order valence-electron chi connectivity index (χ2n) is 8.88. The molecule has 3 aromatic carbocycles. The highest BCUT2D eigenvalue weighted by Gasteiger charge is 2.61. The lowest BCUT2D eigenvalue weighted by Gasteiger charge is -2.41. The van der Waals surface area contributed by atoms with Crippen LogP contribution in [0.3, 0.4) is 0 Å². The zero-order valence-electron chi connectivity index (χ0n) is 22.8. The fourth-order valence-electron chi connectivity index (χ4n) is 5.25. The molecule has 0 saturated heterocycles. The van der Waals surface area contributed by atoms with Gasteiger partial charge < -0.3 is 33.2 Å². The average Bonchev–Trinajstić information content (AvgIpc) is 3.29. The SMILES string of the molecule is COC(=O)C(C(OC)OC)C(c1ccccc1)[C@]1(c2ccc(OC)cc2)Oc2cc(OC)cc(OC)c2C1=O. The second-order valence-corrected chi connectivity index (χ2v) is 8.88. The van der Waals surface area contributed by atoms with Crippen molar-refractivity contribution in [2.45, 2.75) is 17.8 Å². The molecule has 1 heterocycles. The van der Waals surface area contributed by atoms with E-state index >= 15 is 0 Å². The zero-order chi connectivity index (χ0) is 28.2. The Bertz CT molecular complexity index is 1300. The van der Waals surface area contributed by atoms with Crippen molar-refractivity contribution in [3.05, 3.63) is 83.4 Å². The van der Waals surface area contributed by atoms with Gasteiger partial charge in [0.2, 0.25) is 11.4 Å². The summed E-state index contributed by atoms with van der Waals surface area (Å²) in [5.74, 6) is -1.58. The number of methoxy groups -OCH3 is 6. The summed E-state index contributed by atoms with van der Waals surface area (Å²) in [4.78, 5) is 28.3. The molecule has 1 aliphatic heterocycles. The summed E-state index contributed by atoms with van der Waals surface area (Å²) in [6, 6.07) is 19.3. The topological polar surface area (TPSA) is 98.8 Å². The number of hydrogen-bond donors (Lipinski definition) is 0. The standard InChI is InChI=1S/C30H32O9/c1-33-20-14-12-19(13-15-20)30(27(31)24-22(35-3)16-21(34-2)17-23(24)39-30)26(18-10-8-7-9-11-18)25(28(32)36-4)29(37-5)38-6/h7-17,25-26,29H,1-6H3/t25?,26?,30-/m0/s1. The third-order valence-corrected chi connectivity index (χ3v) is 7.04. The van der Waals surface area contributed by atoms with Gasteiger partial charge in [-0.2, -0.15) is 0 Å². The molecule has 9 heteroatoms. The second kappa shape index (κ2) is 11.8. The van der Waals surface area contributed by atoms with E-state index in [0.29, 0.717) is 22.6 Å². The van der Waals surface area contributed by atoms with Gasteiger partial charge in [-0.25, -0.2) is 0 Å². The highest BCUT2D eigenvalue weighted by Crippen LogP contribution is 2.56. The van der Waals surface area contributed by atoms with Gasteiger partial charge in [-0.05, 0) is 17.7 Å². The fourth-order valence-corrected chi connectivity index (χ4v) is 5.25.